The third-order valence-electron chi connectivity index (χ3n) is 6.18. The zero-order valence-corrected chi connectivity index (χ0v) is 18.5. The van der Waals surface area contributed by atoms with E-state index in [1.54, 1.807) is 0 Å². The van der Waals surface area contributed by atoms with Crippen LogP contribution in [0, 0.1) is 0 Å². The molecule has 0 heterocycles. The average Bonchev–Trinajstić information content (AvgIpc) is 2.76. The molecule has 144 valence electrons. The van der Waals surface area contributed by atoms with Gasteiger partial charge in [-0.15, -0.1) is 0 Å². The van der Waals surface area contributed by atoms with Crippen molar-refractivity contribution in [2.24, 2.45) is 0 Å². The molecule has 0 nitrogen and oxygen atoms in total. The van der Waals surface area contributed by atoms with Crippen molar-refractivity contribution in [3.8, 4) is 0 Å². The normalized spacial score (nSPS) is 12.0. The highest BCUT2D eigenvalue weighted by atomic mass is 28.3. The second kappa shape index (κ2) is 7.89. The number of hydrogen-bond donors (Lipinski definition) is 0. The molecule has 0 unspecified atom stereocenters. The van der Waals surface area contributed by atoms with Crippen LogP contribution in [-0.2, 0) is 0 Å². The lowest BCUT2D eigenvalue weighted by Gasteiger charge is -2.44. The fourth-order valence-electron chi connectivity index (χ4n) is 4.65. The fourth-order valence-corrected chi connectivity index (χ4v) is 5.82. The van der Waals surface area contributed by atoms with Gasteiger partial charge in [-0.2, -0.15) is 21.9 Å². The van der Waals surface area contributed by atoms with Gasteiger partial charge in [0.15, 0.2) is 0 Å². The first-order valence-corrected chi connectivity index (χ1v) is 14.0. The standard InChI is InChI=1S/C27H28BSi/c1-29(2,3)27-21-19-26(20-22-27)28(23-13-7-4-8-14-23,24-15-9-5-10-16-24)25-17-11-6-12-18-25/h4-22H,1-3H3/q-1. The Labute approximate surface area is 176 Å². The highest BCUT2D eigenvalue weighted by Crippen LogP contribution is 2.10. The Morgan fingerprint density at radius 3 is 1.03 bits per heavy atom. The maximum atomic E-state index is 2.41. The second-order valence-electron chi connectivity index (χ2n) is 8.97. The Hall–Kier alpha value is -2.84. The Morgan fingerprint density at radius 1 is 0.414 bits per heavy atom. The molecule has 0 N–H and O–H groups in total. The van der Waals surface area contributed by atoms with Crippen molar-refractivity contribution in [2.75, 3.05) is 0 Å². The summed E-state index contributed by atoms with van der Waals surface area (Å²) in [5.41, 5.74) is 5.43. The van der Waals surface area contributed by atoms with E-state index in [1.165, 1.54) is 27.0 Å². The van der Waals surface area contributed by atoms with Crippen LogP contribution in [-0.4, -0.2) is 14.2 Å². The Kier molecular flexibility index (Phi) is 5.30. The van der Waals surface area contributed by atoms with Gasteiger partial charge in [0, 0.05) is 0 Å². The molecule has 0 aliphatic heterocycles. The summed E-state index contributed by atoms with van der Waals surface area (Å²) >= 11 is 0. The predicted octanol–water partition coefficient (Wildman–Crippen LogP) is 3.61. The fraction of sp³-hybridized carbons (Fsp3) is 0.111. The van der Waals surface area contributed by atoms with Gasteiger partial charge in [-0.05, 0) is 0 Å². The first kappa shape index (κ1) is 19.5. The SMILES string of the molecule is C[Si](C)(C)c1ccc([B-](c2ccccc2)(c2ccccc2)c2ccccc2)cc1. The van der Waals surface area contributed by atoms with E-state index in [0.29, 0.717) is 0 Å². The molecule has 4 aromatic rings. The van der Waals surface area contributed by atoms with Gasteiger partial charge in [0.05, 0.1) is 8.07 Å². The van der Waals surface area contributed by atoms with Crippen molar-refractivity contribution < 1.29 is 0 Å². The van der Waals surface area contributed by atoms with Gasteiger partial charge in [0.2, 0.25) is 0 Å². The van der Waals surface area contributed by atoms with Crippen molar-refractivity contribution in [1.82, 2.24) is 0 Å². The predicted molar refractivity (Wildman–Crippen MR) is 133 cm³/mol. The van der Waals surface area contributed by atoms with Crippen LogP contribution in [0.2, 0.25) is 19.6 Å². The molecule has 29 heavy (non-hydrogen) atoms. The van der Waals surface area contributed by atoms with Gasteiger partial charge < -0.3 is 0 Å². The summed E-state index contributed by atoms with van der Waals surface area (Å²) in [6, 6.07) is 42.5. The largest absolute Gasteiger partial charge is 0.195 e. The zero-order valence-electron chi connectivity index (χ0n) is 17.5. The molecule has 0 saturated heterocycles. The monoisotopic (exact) mass is 391 g/mol. The molecule has 0 fully saturated rings. The zero-order chi connectivity index (χ0) is 20.3. The maximum Gasteiger partial charge on any atom is 0.108 e. The number of hydrogen-bond acceptors (Lipinski definition) is 0. The maximum absolute atomic E-state index is 2.41. The van der Waals surface area contributed by atoms with E-state index in [2.05, 4.69) is 135 Å². The van der Waals surface area contributed by atoms with Crippen LogP contribution < -0.4 is 27.0 Å². The number of benzene rings is 4. The second-order valence-corrected chi connectivity index (χ2v) is 14.0. The van der Waals surface area contributed by atoms with Crippen LogP contribution in [0.15, 0.2) is 115 Å². The molecule has 0 aromatic heterocycles. The van der Waals surface area contributed by atoms with Gasteiger partial charge in [-0.1, -0.05) is 140 Å². The lowest BCUT2D eigenvalue weighted by Crippen LogP contribution is -2.74. The third-order valence-corrected chi connectivity index (χ3v) is 8.24. The molecular formula is C27H28BSi-. The Balaban J connectivity index is 2.06. The Morgan fingerprint density at radius 2 is 0.724 bits per heavy atom. The van der Waals surface area contributed by atoms with E-state index >= 15 is 0 Å². The van der Waals surface area contributed by atoms with Crippen molar-refractivity contribution in [3.63, 3.8) is 0 Å². The average molecular weight is 391 g/mol. The highest BCUT2D eigenvalue weighted by molar-refractivity contribution is 7.19. The van der Waals surface area contributed by atoms with E-state index in [9.17, 15) is 0 Å². The third kappa shape index (κ3) is 3.61. The van der Waals surface area contributed by atoms with E-state index in [4.69, 9.17) is 0 Å². The van der Waals surface area contributed by atoms with E-state index in [1.807, 2.05) is 0 Å². The molecule has 0 saturated carbocycles. The van der Waals surface area contributed by atoms with Gasteiger partial charge in [0.25, 0.3) is 0 Å². The Bertz CT molecular complexity index is 954. The highest BCUT2D eigenvalue weighted by Gasteiger charge is 2.31. The molecular weight excluding hydrogens is 363 g/mol. The minimum Gasteiger partial charge on any atom is -0.195 e. The molecule has 2 heteroatoms. The lowest BCUT2D eigenvalue weighted by atomic mass is 9.13. The van der Waals surface area contributed by atoms with Crippen molar-refractivity contribution in [3.05, 3.63) is 115 Å². The molecule has 0 aliphatic rings. The molecule has 4 aromatic carbocycles. The molecule has 0 atom stereocenters. The molecule has 4 rings (SSSR count). The molecule has 0 aliphatic carbocycles. The molecule has 0 spiro atoms. The smallest absolute Gasteiger partial charge is 0.108 e. The van der Waals surface area contributed by atoms with E-state index in [-0.39, 0.29) is 0 Å². The van der Waals surface area contributed by atoms with Crippen LogP contribution in [0.25, 0.3) is 0 Å². The summed E-state index contributed by atoms with van der Waals surface area (Å²) in [6.45, 7) is 7.23. The van der Waals surface area contributed by atoms with Crippen LogP contribution in [0.5, 0.6) is 0 Å². The molecule has 0 bridgehead atoms. The van der Waals surface area contributed by atoms with Crippen LogP contribution >= 0.6 is 0 Å². The summed E-state index contributed by atoms with van der Waals surface area (Å²) in [5.74, 6) is 0. The summed E-state index contributed by atoms with van der Waals surface area (Å²) in [6.07, 6.45) is -1.25. The van der Waals surface area contributed by atoms with Gasteiger partial charge in [-0.25, -0.2) is 0 Å². The van der Waals surface area contributed by atoms with Gasteiger partial charge >= 0.3 is 0 Å². The van der Waals surface area contributed by atoms with E-state index < -0.39 is 14.2 Å². The topological polar surface area (TPSA) is 0 Å². The van der Waals surface area contributed by atoms with Crippen molar-refractivity contribution in [2.45, 2.75) is 19.6 Å². The molecule has 0 amide bonds. The van der Waals surface area contributed by atoms with Crippen LogP contribution in [0.3, 0.4) is 0 Å². The quantitative estimate of drug-likeness (QED) is 0.456. The summed E-state index contributed by atoms with van der Waals surface area (Å²) in [4.78, 5) is 0. The minimum absolute atomic E-state index is 1.25. The van der Waals surface area contributed by atoms with E-state index in [0.717, 1.165) is 0 Å². The van der Waals surface area contributed by atoms with Crippen molar-refractivity contribution in [1.29, 1.82) is 0 Å². The first-order chi connectivity index (χ1) is 14.0. The molecule has 0 radical (unpaired) electrons. The van der Waals surface area contributed by atoms with Gasteiger partial charge in [0.1, 0.15) is 6.15 Å². The summed E-state index contributed by atoms with van der Waals surface area (Å²) in [7, 11) is -1.35. The van der Waals surface area contributed by atoms with Crippen molar-refractivity contribution >= 4 is 41.3 Å². The lowest BCUT2D eigenvalue weighted by molar-refractivity contribution is 1.66. The first-order valence-electron chi connectivity index (χ1n) is 10.5. The minimum atomic E-state index is -1.35. The van der Waals surface area contributed by atoms with Crippen LogP contribution in [0.4, 0.5) is 0 Å². The summed E-state index contributed by atoms with van der Waals surface area (Å²) < 4.78 is 0. The van der Waals surface area contributed by atoms with Gasteiger partial charge in [-0.3, -0.25) is 0 Å². The summed E-state index contributed by atoms with van der Waals surface area (Å²) in [5, 5.41) is 1.50. The van der Waals surface area contributed by atoms with Crippen LogP contribution in [0.1, 0.15) is 0 Å². The number of rotatable bonds is 5.